The maximum atomic E-state index is 13.5. The number of carbonyl (C=O) groups is 7. The fourth-order valence-corrected chi connectivity index (χ4v) is 12.3. The fraction of sp³-hybridized carbons (Fsp3) is 0.667. The van der Waals surface area contributed by atoms with E-state index in [4.69, 9.17) is 49.4 Å². The Hall–Kier alpha value is -5.72. The number of hydrogen-bond donors (Lipinski definition) is 9. The summed E-state index contributed by atoms with van der Waals surface area (Å²) in [7, 11) is 0. The molecule has 5 rings (SSSR count). The van der Waals surface area contributed by atoms with Gasteiger partial charge in [-0.3, -0.25) is 48.5 Å². The van der Waals surface area contributed by atoms with Crippen molar-refractivity contribution in [3.63, 3.8) is 0 Å². The second kappa shape index (κ2) is 19.1. The minimum atomic E-state index is -1.39. The van der Waals surface area contributed by atoms with Crippen molar-refractivity contribution in [1.29, 1.82) is 0 Å². The molecule has 0 saturated carbocycles. The molecular formula is C48H73N11O8. The molecule has 368 valence electrons. The molecule has 5 heterocycles. The number of aliphatic hydroxyl groups excluding tert-OH is 1. The van der Waals surface area contributed by atoms with Gasteiger partial charge in [-0.15, -0.1) is 0 Å². The molecule has 5 aliphatic rings. The molecule has 5 aliphatic heterocycles. The Bertz CT molecular complexity index is 2310. The normalized spacial score (nSPS) is 35.2. The maximum Gasteiger partial charge on any atom is 0.220 e. The molecule has 15 N–H and O–H groups in total. The van der Waals surface area contributed by atoms with Crippen molar-refractivity contribution in [3.8, 4) is 0 Å². The summed E-state index contributed by atoms with van der Waals surface area (Å²) in [6, 6.07) is -0.913. The molecule has 1 fully saturated rings. The standard InChI is InChI=1S/C48H73N11O8/c1-23(60)22-55-38(67)16-17-45(6)29(18-35(52)64)43-48(9)47(8,21-37(54)66)28(12-15-34(51)63)40(59-48)25(3)42-46(7,20-36(53)65)26(10-13-32(49)61)30(56-42)19-31-44(4,5)27(11-14-33(50)62)39(57-31)24(2)41(45)58-43/h19,23,26-29,43,56,60H,10-18,20-22H2,1-9H3,(H2,49,61)(H2,50,62)(H2,51,63)(H2,52,64)(H2,53,65)(H2,54,66)(H,55,67)/b30-19-,39-24-,42-25-/t23?,26-,27-,28-,29+,43?,45-,46+,47+,48+/m1/s1. The van der Waals surface area contributed by atoms with Crippen molar-refractivity contribution in [2.24, 2.45) is 94.7 Å². The number of aliphatic hydroxyl groups is 1. The van der Waals surface area contributed by atoms with Gasteiger partial charge in [-0.1, -0.05) is 34.6 Å². The van der Waals surface area contributed by atoms with Crippen LogP contribution < -0.4 is 45.0 Å². The minimum absolute atomic E-state index is 0.0237. The first-order chi connectivity index (χ1) is 30.9. The maximum absolute atomic E-state index is 13.5. The van der Waals surface area contributed by atoms with Gasteiger partial charge in [0.05, 0.1) is 17.7 Å². The summed E-state index contributed by atoms with van der Waals surface area (Å²) in [6.07, 6.45) is 1.23. The lowest BCUT2D eigenvalue weighted by molar-refractivity contribution is -0.124. The topological polar surface area (TPSA) is 357 Å². The highest BCUT2D eigenvalue weighted by atomic mass is 16.3. The number of rotatable bonds is 20. The van der Waals surface area contributed by atoms with Gasteiger partial charge in [0.1, 0.15) is 0 Å². The summed E-state index contributed by atoms with van der Waals surface area (Å²) in [5, 5.41) is 16.4. The number of nitrogens with zero attached hydrogens (tertiary/aromatic N) is 3. The Labute approximate surface area is 393 Å². The van der Waals surface area contributed by atoms with Gasteiger partial charge < -0.3 is 50.1 Å². The van der Waals surface area contributed by atoms with Crippen molar-refractivity contribution in [2.45, 2.75) is 151 Å². The van der Waals surface area contributed by atoms with Crippen LogP contribution in [0, 0.1) is 45.3 Å². The average molecular weight is 932 g/mol. The van der Waals surface area contributed by atoms with Crippen LogP contribution in [0.25, 0.3) is 0 Å². The van der Waals surface area contributed by atoms with Gasteiger partial charge in [0.15, 0.2) is 0 Å². The van der Waals surface area contributed by atoms with E-state index < -0.39 is 98.5 Å². The van der Waals surface area contributed by atoms with Gasteiger partial charge in [0.2, 0.25) is 41.4 Å². The van der Waals surface area contributed by atoms with E-state index in [9.17, 15) is 38.7 Å². The molecule has 19 heteroatoms. The van der Waals surface area contributed by atoms with E-state index in [1.165, 1.54) is 0 Å². The largest absolute Gasteiger partial charge is 0.392 e. The number of primary amides is 6. The molecule has 0 radical (unpaired) electrons. The molecule has 67 heavy (non-hydrogen) atoms. The van der Waals surface area contributed by atoms with Crippen LogP contribution in [0.2, 0.25) is 0 Å². The summed E-state index contributed by atoms with van der Waals surface area (Å²) in [5.74, 6) is -6.25. The zero-order valence-electron chi connectivity index (χ0n) is 40.6. The minimum Gasteiger partial charge on any atom is -0.392 e. The fourth-order valence-electron chi connectivity index (χ4n) is 12.3. The molecule has 7 amide bonds. The van der Waals surface area contributed by atoms with Gasteiger partial charge in [-0.05, 0) is 70.6 Å². The van der Waals surface area contributed by atoms with E-state index >= 15 is 0 Å². The number of carbonyl (C=O) groups excluding carboxylic acids is 7. The van der Waals surface area contributed by atoms with Crippen LogP contribution in [0.5, 0.6) is 0 Å². The number of nitrogens with two attached hydrogens (primary N) is 6. The van der Waals surface area contributed by atoms with E-state index in [0.717, 1.165) is 0 Å². The second-order valence-electron chi connectivity index (χ2n) is 21.2. The first kappa shape index (κ1) is 52.3. The Morgan fingerprint density at radius 3 is 1.81 bits per heavy atom. The molecule has 0 aliphatic carbocycles. The molecule has 8 bridgehead atoms. The van der Waals surface area contributed by atoms with Crippen molar-refractivity contribution in [2.75, 3.05) is 6.54 Å². The van der Waals surface area contributed by atoms with Crippen molar-refractivity contribution in [1.82, 2.24) is 10.6 Å². The summed E-state index contributed by atoms with van der Waals surface area (Å²) >= 11 is 0. The zero-order chi connectivity index (χ0) is 50.4. The first-order valence-electron chi connectivity index (χ1n) is 23.3. The highest BCUT2D eigenvalue weighted by molar-refractivity contribution is 6.10. The molecule has 19 nitrogen and oxygen atoms in total. The van der Waals surface area contributed by atoms with Crippen LogP contribution in [-0.2, 0) is 33.6 Å². The summed E-state index contributed by atoms with van der Waals surface area (Å²) in [5.41, 5.74) is 34.9. The van der Waals surface area contributed by atoms with Crippen LogP contribution in [0.3, 0.4) is 0 Å². The second-order valence-corrected chi connectivity index (χ2v) is 21.2. The molecule has 0 aromatic rings. The molecule has 0 aromatic carbocycles. The number of aliphatic imine (C=N–C) groups is 3. The van der Waals surface area contributed by atoms with Gasteiger partial charge >= 0.3 is 0 Å². The molecular weight excluding hydrogens is 859 g/mol. The lowest BCUT2D eigenvalue weighted by Crippen LogP contribution is -2.56. The van der Waals surface area contributed by atoms with E-state index in [0.29, 0.717) is 51.8 Å². The van der Waals surface area contributed by atoms with Crippen LogP contribution >= 0.6 is 0 Å². The number of allylic oxidation sites excluding steroid dienone is 6. The highest BCUT2D eigenvalue weighted by Crippen LogP contribution is 2.62. The lowest BCUT2D eigenvalue weighted by atomic mass is 9.55. The zero-order valence-corrected chi connectivity index (χ0v) is 40.6. The Balaban J connectivity index is 2.00. The van der Waals surface area contributed by atoms with Gasteiger partial charge in [-0.25, -0.2) is 0 Å². The van der Waals surface area contributed by atoms with Crippen LogP contribution in [0.1, 0.15) is 133 Å². The molecule has 2 unspecified atom stereocenters. The average Bonchev–Trinajstić information content (AvgIpc) is 3.80. The smallest absolute Gasteiger partial charge is 0.220 e. The van der Waals surface area contributed by atoms with Crippen molar-refractivity contribution < 1.29 is 38.7 Å². The van der Waals surface area contributed by atoms with E-state index in [1.807, 2.05) is 61.5 Å². The number of nitrogens with one attached hydrogen (secondary N) is 2. The summed E-state index contributed by atoms with van der Waals surface area (Å²) in [4.78, 5) is 108. The monoisotopic (exact) mass is 932 g/mol. The summed E-state index contributed by atoms with van der Waals surface area (Å²) < 4.78 is 0. The number of fused-ring (bicyclic) bond motifs is 6. The Morgan fingerprint density at radius 1 is 0.731 bits per heavy atom. The predicted molar refractivity (Wildman–Crippen MR) is 254 cm³/mol. The predicted octanol–water partition coefficient (Wildman–Crippen LogP) is 1.74. The molecule has 1 saturated heterocycles. The van der Waals surface area contributed by atoms with Gasteiger partial charge in [0, 0.05) is 131 Å². The lowest BCUT2D eigenvalue weighted by Gasteiger charge is -2.48. The summed E-state index contributed by atoms with van der Waals surface area (Å²) in [6.45, 7) is 16.9. The van der Waals surface area contributed by atoms with E-state index in [-0.39, 0.29) is 76.7 Å². The third-order valence-electron chi connectivity index (χ3n) is 16.1. The van der Waals surface area contributed by atoms with Crippen LogP contribution in [-0.4, -0.2) is 87.8 Å². The van der Waals surface area contributed by atoms with E-state index in [1.54, 1.807) is 6.92 Å². The third kappa shape index (κ3) is 9.84. The van der Waals surface area contributed by atoms with Crippen LogP contribution in [0.4, 0.5) is 0 Å². The molecule has 0 spiro atoms. The van der Waals surface area contributed by atoms with Crippen molar-refractivity contribution in [3.05, 3.63) is 34.3 Å². The van der Waals surface area contributed by atoms with E-state index in [2.05, 4.69) is 10.6 Å². The molecule has 10 atom stereocenters. The first-order valence-corrected chi connectivity index (χ1v) is 23.3. The Morgan fingerprint density at radius 2 is 1.28 bits per heavy atom. The highest BCUT2D eigenvalue weighted by Gasteiger charge is 2.66. The quantitative estimate of drug-likeness (QED) is 0.0857. The van der Waals surface area contributed by atoms with Gasteiger partial charge in [-0.2, -0.15) is 0 Å². The Kier molecular flexibility index (Phi) is 14.9. The van der Waals surface area contributed by atoms with Crippen LogP contribution in [0.15, 0.2) is 49.3 Å². The third-order valence-corrected chi connectivity index (χ3v) is 16.1. The number of hydrogen-bond acceptors (Lipinski definition) is 12. The van der Waals surface area contributed by atoms with Gasteiger partial charge in [0.25, 0.3) is 0 Å². The number of amides is 7. The molecule has 0 aromatic heterocycles. The van der Waals surface area contributed by atoms with Crippen molar-refractivity contribution >= 4 is 58.5 Å². The SMILES string of the molecule is C/C1=C2N=C(/C=C3\N/C(=C(/C)C4=N[C@@](C)(C5N=C1[C@](C)(CCC(=O)NCC(C)O)[C@H]5CC(N)=O)[C@@](C)(CC(N)=O)[C@@H]4CCC(N)=O)[C@@](C)(CC(N)=O)[C@@H]3CCC(N)=O)C(C)(C)[C@@H]/2CCC(N)=O.